The second-order valence-electron chi connectivity index (χ2n) is 5.82. The molecule has 1 aromatic rings. The van der Waals surface area contributed by atoms with E-state index in [1.54, 1.807) is 0 Å². The Morgan fingerprint density at radius 2 is 2.10 bits per heavy atom. The molecule has 0 saturated heterocycles. The predicted molar refractivity (Wildman–Crippen MR) is 88.8 cm³/mol. The first-order valence-corrected chi connectivity index (χ1v) is 8.31. The molecule has 0 heterocycles. The summed E-state index contributed by atoms with van der Waals surface area (Å²) in [6, 6.07) is 6.83. The van der Waals surface area contributed by atoms with Crippen LogP contribution in [0.25, 0.3) is 0 Å². The van der Waals surface area contributed by atoms with Gasteiger partial charge in [-0.15, -0.1) is 0 Å². The highest BCUT2D eigenvalue weighted by Gasteiger charge is 2.20. The maximum atomic E-state index is 6.48. The van der Waals surface area contributed by atoms with E-state index in [9.17, 15) is 0 Å². The maximum absolute atomic E-state index is 6.48. The Bertz CT molecular complexity index is 429. The van der Waals surface area contributed by atoms with Crippen molar-refractivity contribution in [3.63, 3.8) is 0 Å². The molecule has 1 unspecified atom stereocenters. The van der Waals surface area contributed by atoms with Crippen LogP contribution in [0.4, 0.5) is 5.69 Å². The number of hydrogen-bond donors (Lipinski definition) is 1. The number of nitrogens with zero attached hydrogens (tertiary/aromatic N) is 1. The first-order chi connectivity index (χ1) is 9.65. The molecule has 0 amide bonds. The molecule has 1 fully saturated rings. The topological polar surface area (TPSA) is 15.3 Å². The van der Waals surface area contributed by atoms with Crippen molar-refractivity contribution in [2.24, 2.45) is 5.92 Å². The first-order valence-electron chi connectivity index (χ1n) is 7.93. The van der Waals surface area contributed by atoms with Gasteiger partial charge in [0.05, 0.1) is 0 Å². The summed E-state index contributed by atoms with van der Waals surface area (Å²) < 4.78 is 0. The summed E-state index contributed by atoms with van der Waals surface area (Å²) in [4.78, 5) is 2.46. The summed E-state index contributed by atoms with van der Waals surface area (Å²) in [6.07, 6.45) is 4.18. The molecule has 112 valence electrons. The summed E-state index contributed by atoms with van der Waals surface area (Å²) in [5, 5.41) is 4.30. The van der Waals surface area contributed by atoms with Gasteiger partial charge in [0.1, 0.15) is 0 Å². The van der Waals surface area contributed by atoms with Crippen LogP contribution in [0.1, 0.15) is 51.6 Å². The van der Waals surface area contributed by atoms with Gasteiger partial charge in [-0.3, -0.25) is 0 Å². The Hall–Kier alpha value is -0.730. The minimum atomic E-state index is 0.309. The summed E-state index contributed by atoms with van der Waals surface area (Å²) in [7, 11) is 0. The van der Waals surface area contributed by atoms with Crippen LogP contribution in [0.2, 0.25) is 5.02 Å². The van der Waals surface area contributed by atoms with Crippen molar-refractivity contribution in [2.45, 2.75) is 46.1 Å². The van der Waals surface area contributed by atoms with Crippen LogP contribution in [0.15, 0.2) is 18.2 Å². The molecule has 0 bridgehead atoms. The highest BCUT2D eigenvalue weighted by Crippen LogP contribution is 2.31. The SMILES string of the molecule is CCNC(C)c1ccc(N(CC)CC2CCC2)cc1Cl. The quantitative estimate of drug-likeness (QED) is 0.788. The molecule has 0 spiro atoms. The van der Waals surface area contributed by atoms with Crippen LogP contribution < -0.4 is 10.2 Å². The number of anilines is 1. The first kappa shape index (κ1) is 15.7. The highest BCUT2D eigenvalue weighted by atomic mass is 35.5. The zero-order valence-corrected chi connectivity index (χ0v) is 13.7. The van der Waals surface area contributed by atoms with Gasteiger partial charge in [0.25, 0.3) is 0 Å². The minimum Gasteiger partial charge on any atom is -0.371 e. The summed E-state index contributed by atoms with van der Waals surface area (Å²) in [5.41, 5.74) is 2.45. The molecular weight excluding hydrogens is 268 g/mol. The van der Waals surface area contributed by atoms with Crippen molar-refractivity contribution >= 4 is 17.3 Å². The zero-order chi connectivity index (χ0) is 14.5. The zero-order valence-electron chi connectivity index (χ0n) is 13.0. The Labute approximate surface area is 128 Å². The molecule has 0 radical (unpaired) electrons. The van der Waals surface area contributed by atoms with Gasteiger partial charge >= 0.3 is 0 Å². The third-order valence-corrected chi connectivity index (χ3v) is 4.74. The summed E-state index contributed by atoms with van der Waals surface area (Å²) in [6.45, 7) is 9.69. The standard InChI is InChI=1S/C17H27ClN2/c1-4-19-13(3)16-10-9-15(11-17(16)18)20(5-2)12-14-7-6-8-14/h9-11,13-14,19H,4-8,12H2,1-3H3. The summed E-state index contributed by atoms with van der Waals surface area (Å²) >= 11 is 6.48. The van der Waals surface area contributed by atoms with Gasteiger partial charge < -0.3 is 10.2 Å². The minimum absolute atomic E-state index is 0.309. The van der Waals surface area contributed by atoms with Crippen LogP contribution in [0.3, 0.4) is 0 Å². The average molecular weight is 295 g/mol. The molecule has 1 N–H and O–H groups in total. The number of nitrogens with one attached hydrogen (secondary N) is 1. The highest BCUT2D eigenvalue weighted by molar-refractivity contribution is 6.31. The molecule has 1 saturated carbocycles. The second kappa shape index (κ2) is 7.33. The molecule has 0 aliphatic heterocycles. The van der Waals surface area contributed by atoms with Crippen LogP contribution >= 0.6 is 11.6 Å². The normalized spacial score (nSPS) is 16.8. The lowest BCUT2D eigenvalue weighted by Crippen LogP contribution is -2.32. The van der Waals surface area contributed by atoms with E-state index >= 15 is 0 Å². The molecular formula is C17H27ClN2. The van der Waals surface area contributed by atoms with Gasteiger partial charge in [-0.05, 0) is 56.8 Å². The molecule has 20 heavy (non-hydrogen) atoms. The largest absolute Gasteiger partial charge is 0.371 e. The molecule has 2 rings (SSSR count). The Morgan fingerprint density at radius 3 is 2.60 bits per heavy atom. The maximum Gasteiger partial charge on any atom is 0.0474 e. The van der Waals surface area contributed by atoms with Gasteiger partial charge in [-0.1, -0.05) is 31.0 Å². The Balaban J connectivity index is 2.09. The van der Waals surface area contributed by atoms with Gasteiger partial charge in [-0.25, -0.2) is 0 Å². The fourth-order valence-corrected chi connectivity index (χ4v) is 3.22. The molecule has 2 nitrogen and oxygen atoms in total. The lowest BCUT2D eigenvalue weighted by atomic mass is 9.85. The number of benzene rings is 1. The predicted octanol–water partition coefficient (Wildman–Crippen LogP) is 4.64. The van der Waals surface area contributed by atoms with Crippen molar-refractivity contribution in [1.29, 1.82) is 0 Å². The van der Waals surface area contributed by atoms with Crippen LogP contribution in [-0.2, 0) is 0 Å². The second-order valence-corrected chi connectivity index (χ2v) is 6.23. The van der Waals surface area contributed by atoms with E-state index in [2.05, 4.69) is 49.2 Å². The van der Waals surface area contributed by atoms with Crippen molar-refractivity contribution in [1.82, 2.24) is 5.32 Å². The molecule has 1 aromatic carbocycles. The average Bonchev–Trinajstić information content (AvgIpc) is 2.38. The molecule has 1 aliphatic rings. The Morgan fingerprint density at radius 1 is 1.35 bits per heavy atom. The van der Waals surface area contributed by atoms with E-state index in [0.717, 1.165) is 24.0 Å². The van der Waals surface area contributed by atoms with E-state index in [-0.39, 0.29) is 0 Å². The number of rotatable bonds is 7. The van der Waals surface area contributed by atoms with E-state index in [0.29, 0.717) is 6.04 Å². The third-order valence-electron chi connectivity index (χ3n) is 4.41. The lowest BCUT2D eigenvalue weighted by Gasteiger charge is -2.33. The molecule has 0 aromatic heterocycles. The molecule has 1 aliphatic carbocycles. The van der Waals surface area contributed by atoms with E-state index in [1.807, 2.05) is 0 Å². The summed E-state index contributed by atoms with van der Waals surface area (Å²) in [5.74, 6) is 0.883. The van der Waals surface area contributed by atoms with E-state index in [1.165, 1.54) is 37.1 Å². The molecule has 1 atom stereocenters. The van der Waals surface area contributed by atoms with Gasteiger partial charge in [0.15, 0.2) is 0 Å². The monoisotopic (exact) mass is 294 g/mol. The van der Waals surface area contributed by atoms with Crippen molar-refractivity contribution in [3.8, 4) is 0 Å². The van der Waals surface area contributed by atoms with E-state index in [4.69, 9.17) is 11.6 Å². The van der Waals surface area contributed by atoms with E-state index < -0.39 is 0 Å². The van der Waals surface area contributed by atoms with Gasteiger partial charge in [-0.2, -0.15) is 0 Å². The number of halogens is 1. The Kier molecular flexibility index (Phi) is 5.74. The third kappa shape index (κ3) is 3.67. The number of hydrogen-bond acceptors (Lipinski definition) is 2. The molecule has 3 heteroatoms. The van der Waals surface area contributed by atoms with Crippen LogP contribution in [-0.4, -0.2) is 19.6 Å². The van der Waals surface area contributed by atoms with Crippen molar-refractivity contribution in [2.75, 3.05) is 24.5 Å². The van der Waals surface area contributed by atoms with Gasteiger partial charge in [0, 0.05) is 29.8 Å². The lowest BCUT2D eigenvalue weighted by molar-refractivity contribution is 0.318. The van der Waals surface area contributed by atoms with Crippen molar-refractivity contribution in [3.05, 3.63) is 28.8 Å². The van der Waals surface area contributed by atoms with Crippen molar-refractivity contribution < 1.29 is 0 Å². The van der Waals surface area contributed by atoms with Crippen LogP contribution in [0, 0.1) is 5.92 Å². The van der Waals surface area contributed by atoms with Gasteiger partial charge in [0.2, 0.25) is 0 Å². The smallest absolute Gasteiger partial charge is 0.0474 e. The fraction of sp³-hybridized carbons (Fsp3) is 0.647. The fourth-order valence-electron chi connectivity index (χ4n) is 2.88. The van der Waals surface area contributed by atoms with Crippen LogP contribution in [0.5, 0.6) is 0 Å².